The predicted octanol–water partition coefficient (Wildman–Crippen LogP) is 1.39. The summed E-state index contributed by atoms with van der Waals surface area (Å²) >= 11 is 0. The Labute approximate surface area is 77.2 Å². The maximum Gasteiger partial charge on any atom is 0.115 e. The van der Waals surface area contributed by atoms with E-state index in [0.29, 0.717) is 0 Å². The number of phenolic OH excluding ortho intramolecular Hbond substituents is 1. The van der Waals surface area contributed by atoms with Gasteiger partial charge in [-0.3, -0.25) is 4.99 Å². The van der Waals surface area contributed by atoms with Crippen LogP contribution in [0.5, 0.6) is 5.75 Å². The molecule has 1 aromatic carbocycles. The smallest absolute Gasteiger partial charge is 0.115 e. The van der Waals surface area contributed by atoms with Gasteiger partial charge in [-0.1, -0.05) is 12.1 Å². The quantitative estimate of drug-likeness (QED) is 0.669. The second-order valence-corrected chi connectivity index (χ2v) is 2.56. The molecule has 0 heterocycles. The van der Waals surface area contributed by atoms with Gasteiger partial charge in [0.2, 0.25) is 0 Å². The van der Waals surface area contributed by atoms with E-state index in [9.17, 15) is 0 Å². The van der Waals surface area contributed by atoms with Crippen LogP contribution in [-0.2, 0) is 0 Å². The number of aromatic hydroxyl groups is 1. The van der Waals surface area contributed by atoms with Gasteiger partial charge in [-0.25, -0.2) is 0 Å². The van der Waals surface area contributed by atoms with Gasteiger partial charge in [0.05, 0.1) is 0 Å². The topological polar surface area (TPSA) is 58.6 Å². The van der Waals surface area contributed by atoms with E-state index in [1.165, 1.54) is 6.20 Å². The van der Waals surface area contributed by atoms with Crippen molar-refractivity contribution < 1.29 is 5.11 Å². The third-order valence-corrected chi connectivity index (χ3v) is 1.65. The Hall–Kier alpha value is -1.77. The molecule has 0 aliphatic carbocycles. The van der Waals surface area contributed by atoms with Gasteiger partial charge in [-0.15, -0.1) is 0 Å². The van der Waals surface area contributed by atoms with E-state index in [0.717, 1.165) is 11.1 Å². The Morgan fingerprint density at radius 2 is 2.00 bits per heavy atom. The van der Waals surface area contributed by atoms with Crippen LogP contribution in [0.15, 0.2) is 35.5 Å². The molecule has 0 radical (unpaired) electrons. The van der Waals surface area contributed by atoms with Gasteiger partial charge in [0, 0.05) is 25.0 Å². The normalized spacial score (nSPS) is 12.2. The van der Waals surface area contributed by atoms with E-state index < -0.39 is 0 Å². The first-order chi connectivity index (χ1) is 6.27. The van der Waals surface area contributed by atoms with E-state index in [-0.39, 0.29) is 5.75 Å². The molecule has 0 saturated heterocycles. The number of benzene rings is 1. The summed E-state index contributed by atoms with van der Waals surface area (Å²) in [6, 6.07) is 6.80. The molecule has 0 aromatic heterocycles. The van der Waals surface area contributed by atoms with Gasteiger partial charge in [0.15, 0.2) is 0 Å². The summed E-state index contributed by atoms with van der Waals surface area (Å²) in [7, 11) is 1.68. The minimum atomic E-state index is 0.244. The maximum absolute atomic E-state index is 9.06. The van der Waals surface area contributed by atoms with Crippen LogP contribution in [0, 0.1) is 0 Å². The summed E-state index contributed by atoms with van der Waals surface area (Å²) in [5.74, 6) is 0.244. The van der Waals surface area contributed by atoms with Crippen molar-refractivity contribution in [2.75, 3.05) is 7.05 Å². The van der Waals surface area contributed by atoms with Gasteiger partial charge in [0.25, 0.3) is 0 Å². The summed E-state index contributed by atoms with van der Waals surface area (Å²) < 4.78 is 0. The zero-order chi connectivity index (χ0) is 9.68. The molecular weight excluding hydrogens is 164 g/mol. The van der Waals surface area contributed by atoms with Crippen molar-refractivity contribution in [3.8, 4) is 5.75 Å². The van der Waals surface area contributed by atoms with Crippen LogP contribution in [-0.4, -0.2) is 18.4 Å². The Balaban J connectivity index is 3.00. The number of hydrogen-bond acceptors (Lipinski definition) is 3. The standard InChI is InChI=1S/C10H12N2O/c1-12-7-9(6-11)8-2-4-10(13)5-3-8/h2-7,13H,11H2,1H3. The molecule has 0 fully saturated rings. The summed E-state index contributed by atoms with van der Waals surface area (Å²) in [5, 5.41) is 9.06. The minimum Gasteiger partial charge on any atom is -0.508 e. The number of rotatable bonds is 2. The van der Waals surface area contributed by atoms with Gasteiger partial charge in [-0.2, -0.15) is 0 Å². The first-order valence-electron chi connectivity index (χ1n) is 3.91. The molecule has 1 aromatic rings. The van der Waals surface area contributed by atoms with E-state index in [1.807, 2.05) is 0 Å². The third kappa shape index (κ3) is 2.33. The highest BCUT2D eigenvalue weighted by atomic mass is 16.3. The summed E-state index contributed by atoms with van der Waals surface area (Å²) in [4.78, 5) is 3.87. The molecule has 3 heteroatoms. The number of phenols is 1. The molecule has 13 heavy (non-hydrogen) atoms. The fourth-order valence-electron chi connectivity index (χ4n) is 1.01. The van der Waals surface area contributed by atoms with Gasteiger partial charge < -0.3 is 10.8 Å². The number of nitrogens with two attached hydrogens (primary N) is 1. The van der Waals surface area contributed by atoms with E-state index in [4.69, 9.17) is 10.8 Å². The van der Waals surface area contributed by atoms with Crippen molar-refractivity contribution in [3.05, 3.63) is 36.0 Å². The highest BCUT2D eigenvalue weighted by molar-refractivity contribution is 6.09. The predicted molar refractivity (Wildman–Crippen MR) is 54.7 cm³/mol. The molecule has 0 saturated carbocycles. The lowest BCUT2D eigenvalue weighted by Gasteiger charge is -2.00. The SMILES string of the molecule is CN=CC(=CN)c1ccc(O)cc1. The van der Waals surface area contributed by atoms with Gasteiger partial charge >= 0.3 is 0 Å². The van der Waals surface area contributed by atoms with Crippen LogP contribution in [0.2, 0.25) is 0 Å². The molecule has 0 atom stereocenters. The molecule has 0 unspecified atom stereocenters. The summed E-state index contributed by atoms with van der Waals surface area (Å²) in [6.07, 6.45) is 3.16. The molecular formula is C10H12N2O. The minimum absolute atomic E-state index is 0.244. The first kappa shape index (κ1) is 9.32. The molecule has 3 N–H and O–H groups in total. The molecule has 1 rings (SSSR count). The zero-order valence-electron chi connectivity index (χ0n) is 7.44. The van der Waals surface area contributed by atoms with Crippen molar-refractivity contribution in [1.29, 1.82) is 0 Å². The molecule has 0 spiro atoms. The Bertz CT molecular complexity index is 325. The lowest BCUT2D eigenvalue weighted by atomic mass is 10.1. The second-order valence-electron chi connectivity index (χ2n) is 2.56. The molecule has 0 aliphatic heterocycles. The van der Waals surface area contributed by atoms with Crippen molar-refractivity contribution in [2.24, 2.45) is 10.7 Å². The Morgan fingerprint density at radius 3 is 2.46 bits per heavy atom. The lowest BCUT2D eigenvalue weighted by molar-refractivity contribution is 0.475. The van der Waals surface area contributed by atoms with Crippen LogP contribution in [0.25, 0.3) is 5.57 Å². The van der Waals surface area contributed by atoms with Crippen LogP contribution >= 0.6 is 0 Å². The number of nitrogens with zero attached hydrogens (tertiary/aromatic N) is 1. The number of hydrogen-bond donors (Lipinski definition) is 2. The average molecular weight is 176 g/mol. The highest BCUT2D eigenvalue weighted by Crippen LogP contribution is 2.15. The maximum atomic E-state index is 9.06. The second kappa shape index (κ2) is 4.30. The summed E-state index contributed by atoms with van der Waals surface area (Å²) in [6.45, 7) is 0. The van der Waals surface area contributed by atoms with Gasteiger partial charge in [0.1, 0.15) is 5.75 Å². The van der Waals surface area contributed by atoms with E-state index in [1.54, 1.807) is 37.5 Å². The largest absolute Gasteiger partial charge is 0.508 e. The molecule has 3 nitrogen and oxygen atoms in total. The molecule has 68 valence electrons. The third-order valence-electron chi connectivity index (χ3n) is 1.65. The van der Waals surface area contributed by atoms with Crippen LogP contribution in [0.4, 0.5) is 0 Å². The van der Waals surface area contributed by atoms with Gasteiger partial charge in [-0.05, 0) is 17.7 Å². The van der Waals surface area contributed by atoms with Crippen LogP contribution in [0.1, 0.15) is 5.56 Å². The lowest BCUT2D eigenvalue weighted by Crippen LogP contribution is -1.90. The van der Waals surface area contributed by atoms with E-state index >= 15 is 0 Å². The first-order valence-corrected chi connectivity index (χ1v) is 3.91. The van der Waals surface area contributed by atoms with Crippen molar-refractivity contribution in [1.82, 2.24) is 0 Å². The molecule has 0 amide bonds. The van der Waals surface area contributed by atoms with Crippen molar-refractivity contribution in [2.45, 2.75) is 0 Å². The monoisotopic (exact) mass is 176 g/mol. The van der Waals surface area contributed by atoms with Crippen molar-refractivity contribution >= 4 is 11.8 Å². The average Bonchev–Trinajstić information content (AvgIpc) is 2.16. The fraction of sp³-hybridized carbons (Fsp3) is 0.100. The Morgan fingerprint density at radius 1 is 1.38 bits per heavy atom. The summed E-state index contributed by atoms with van der Waals surface area (Å²) in [5.41, 5.74) is 7.18. The molecule has 0 bridgehead atoms. The highest BCUT2D eigenvalue weighted by Gasteiger charge is 1.96. The van der Waals surface area contributed by atoms with Crippen LogP contribution < -0.4 is 5.73 Å². The van der Waals surface area contributed by atoms with Crippen LogP contribution in [0.3, 0.4) is 0 Å². The number of aliphatic imine (C=N–C) groups is 1. The zero-order valence-corrected chi connectivity index (χ0v) is 7.44. The van der Waals surface area contributed by atoms with Crippen molar-refractivity contribution in [3.63, 3.8) is 0 Å². The Kier molecular flexibility index (Phi) is 3.09. The number of allylic oxidation sites excluding steroid dienone is 1. The fourth-order valence-corrected chi connectivity index (χ4v) is 1.01. The molecule has 0 aliphatic rings. The van der Waals surface area contributed by atoms with E-state index in [2.05, 4.69) is 4.99 Å².